The van der Waals surface area contributed by atoms with E-state index in [0.717, 1.165) is 39.4 Å². The number of methoxy groups -OCH3 is 1. The molecule has 0 spiro atoms. The number of fused-ring (bicyclic) bond motifs is 4. The van der Waals surface area contributed by atoms with E-state index >= 15 is 0 Å². The Labute approximate surface area is 245 Å². The fourth-order valence-corrected chi connectivity index (χ4v) is 5.40. The van der Waals surface area contributed by atoms with E-state index < -0.39 is 0 Å². The van der Waals surface area contributed by atoms with E-state index in [4.69, 9.17) is 36.0 Å². The van der Waals surface area contributed by atoms with Gasteiger partial charge in [0.05, 0.1) is 41.8 Å². The van der Waals surface area contributed by atoms with Crippen LogP contribution < -0.4 is 9.47 Å². The molecule has 42 heavy (non-hydrogen) atoms. The molecule has 1 atom stereocenters. The Morgan fingerprint density at radius 2 is 1.83 bits per heavy atom. The molecule has 0 bridgehead atoms. The zero-order valence-electron chi connectivity index (χ0n) is 22.7. The number of benzene rings is 3. The van der Waals surface area contributed by atoms with Crippen molar-refractivity contribution in [3.63, 3.8) is 0 Å². The average Bonchev–Trinajstić information content (AvgIpc) is 3.59. The molecule has 0 fully saturated rings. The number of halogens is 1. The van der Waals surface area contributed by atoms with E-state index in [0.29, 0.717) is 28.3 Å². The summed E-state index contributed by atoms with van der Waals surface area (Å²) in [5.74, 6) is 1.75. The molecule has 0 saturated carbocycles. The van der Waals surface area contributed by atoms with Crippen molar-refractivity contribution in [1.82, 2.24) is 29.4 Å². The van der Waals surface area contributed by atoms with Gasteiger partial charge in [-0.15, -0.1) is 5.10 Å². The molecular formula is C31H24ClN7O3. The zero-order valence-corrected chi connectivity index (χ0v) is 23.4. The van der Waals surface area contributed by atoms with Crippen LogP contribution in [0.15, 0.2) is 90.3 Å². The smallest absolute Gasteiger partial charge is 0.230 e. The van der Waals surface area contributed by atoms with Crippen LogP contribution >= 0.6 is 11.6 Å². The van der Waals surface area contributed by atoms with Gasteiger partial charge in [0.15, 0.2) is 18.1 Å². The van der Waals surface area contributed by atoms with Crippen LogP contribution in [0.3, 0.4) is 0 Å². The number of aromatic nitrogens is 6. The third-order valence-electron chi connectivity index (χ3n) is 7.04. The molecule has 11 heteroatoms. The highest BCUT2D eigenvalue weighted by atomic mass is 35.5. The summed E-state index contributed by atoms with van der Waals surface area (Å²) in [5, 5.41) is 14.1. The Balaban J connectivity index is 1.34. The maximum Gasteiger partial charge on any atom is 0.230 e. The van der Waals surface area contributed by atoms with Crippen LogP contribution in [0.2, 0.25) is 5.02 Å². The summed E-state index contributed by atoms with van der Waals surface area (Å²) >= 11 is 6.33. The number of ether oxygens (including phenoxy) is 2. The first kappa shape index (κ1) is 25.7. The van der Waals surface area contributed by atoms with Crippen molar-refractivity contribution < 1.29 is 14.3 Å². The van der Waals surface area contributed by atoms with Crippen LogP contribution in [-0.4, -0.2) is 42.7 Å². The monoisotopic (exact) mass is 577 g/mol. The largest absolute Gasteiger partial charge is 0.496 e. The Bertz CT molecular complexity index is 1950. The second-order valence-electron chi connectivity index (χ2n) is 9.65. The third-order valence-corrected chi connectivity index (χ3v) is 7.27. The summed E-state index contributed by atoms with van der Waals surface area (Å²) < 4.78 is 15.7. The van der Waals surface area contributed by atoms with Crippen molar-refractivity contribution >= 4 is 23.5 Å². The molecule has 7 rings (SSSR count). The molecule has 0 radical (unpaired) electrons. The molecule has 1 aliphatic heterocycles. The number of hydrogen-bond donors (Lipinski definition) is 0. The second-order valence-corrected chi connectivity index (χ2v) is 10.1. The minimum absolute atomic E-state index is 0.0803. The Morgan fingerprint density at radius 3 is 2.67 bits per heavy atom. The summed E-state index contributed by atoms with van der Waals surface area (Å²) in [6.45, 7) is 2.04. The van der Waals surface area contributed by atoms with Gasteiger partial charge in [0.2, 0.25) is 11.8 Å². The van der Waals surface area contributed by atoms with E-state index in [1.54, 1.807) is 28.8 Å². The van der Waals surface area contributed by atoms with Gasteiger partial charge in [0.1, 0.15) is 12.1 Å². The lowest BCUT2D eigenvalue weighted by Gasteiger charge is -2.27. The highest BCUT2D eigenvalue weighted by Crippen LogP contribution is 2.51. The zero-order chi connectivity index (χ0) is 28.6. The molecule has 3 aromatic heterocycles. The second kappa shape index (κ2) is 10.6. The molecule has 0 N–H and O–H groups in total. The van der Waals surface area contributed by atoms with Gasteiger partial charge in [-0.2, -0.15) is 5.10 Å². The predicted octanol–water partition coefficient (Wildman–Crippen LogP) is 6.12. The fraction of sp³-hybridized carbons (Fsp3) is 0.129. The van der Waals surface area contributed by atoms with Gasteiger partial charge in [0.25, 0.3) is 0 Å². The summed E-state index contributed by atoms with van der Waals surface area (Å²) in [6, 6.07) is 25.0. The first-order valence-corrected chi connectivity index (χ1v) is 13.6. The number of hydrogen-bond acceptors (Lipinski definition) is 8. The first-order chi connectivity index (χ1) is 20.6. The van der Waals surface area contributed by atoms with Crippen molar-refractivity contribution in [2.45, 2.75) is 19.4 Å². The molecule has 10 nitrogen and oxygen atoms in total. The normalized spacial score (nSPS) is 14.0. The SMILES string of the molecule is COc1ccccc1C1c2c(C)nn(-c3cccc(Cl)c3)c2Oc2ncn3nc(CO/N=C/c4ccccc4)nc3c21. The lowest BCUT2D eigenvalue weighted by Crippen LogP contribution is -2.16. The maximum absolute atomic E-state index is 6.48. The van der Waals surface area contributed by atoms with Crippen molar-refractivity contribution in [3.05, 3.63) is 124 Å². The van der Waals surface area contributed by atoms with Gasteiger partial charge in [0, 0.05) is 10.6 Å². The van der Waals surface area contributed by atoms with Crippen LogP contribution in [0.5, 0.6) is 17.5 Å². The predicted molar refractivity (Wildman–Crippen MR) is 157 cm³/mol. The summed E-state index contributed by atoms with van der Waals surface area (Å²) in [7, 11) is 1.66. The number of nitrogens with zero attached hydrogens (tertiary/aromatic N) is 7. The molecule has 6 aromatic rings. The van der Waals surface area contributed by atoms with Gasteiger partial charge in [-0.1, -0.05) is 71.4 Å². The Kier molecular flexibility index (Phi) is 6.52. The van der Waals surface area contributed by atoms with Crippen LogP contribution in [-0.2, 0) is 11.4 Å². The minimum Gasteiger partial charge on any atom is -0.496 e. The third kappa shape index (κ3) is 4.51. The van der Waals surface area contributed by atoms with Gasteiger partial charge in [-0.3, -0.25) is 0 Å². The first-order valence-electron chi connectivity index (χ1n) is 13.2. The summed E-state index contributed by atoms with van der Waals surface area (Å²) in [4.78, 5) is 15.0. The average molecular weight is 578 g/mol. The van der Waals surface area contributed by atoms with E-state index in [2.05, 4.69) is 15.2 Å². The number of oxime groups is 1. The van der Waals surface area contributed by atoms with Gasteiger partial charge < -0.3 is 14.3 Å². The quantitative estimate of drug-likeness (QED) is 0.166. The van der Waals surface area contributed by atoms with Crippen LogP contribution in [0, 0.1) is 6.92 Å². The van der Waals surface area contributed by atoms with Gasteiger partial charge in [-0.05, 0) is 36.8 Å². The molecular weight excluding hydrogens is 554 g/mol. The molecule has 1 unspecified atom stereocenters. The minimum atomic E-state index is -0.363. The van der Waals surface area contributed by atoms with E-state index in [1.165, 1.54) is 0 Å². The molecule has 0 saturated heterocycles. The van der Waals surface area contributed by atoms with E-state index in [1.807, 2.05) is 85.8 Å². The molecule has 4 heterocycles. The van der Waals surface area contributed by atoms with Crippen molar-refractivity contribution in [2.24, 2.45) is 5.16 Å². The number of rotatable bonds is 7. The number of aryl methyl sites for hydroxylation is 1. The van der Waals surface area contributed by atoms with Crippen LogP contribution in [0.25, 0.3) is 11.3 Å². The van der Waals surface area contributed by atoms with Crippen LogP contribution in [0.4, 0.5) is 0 Å². The standard InChI is InChI=1S/C31H24ClN7O3/c1-19-26-27(23-13-6-7-14-24(23)40-2)28-29-35-25(17-41-34-16-20-9-4-3-5-10-20)37-38(29)18-33-30(28)42-31(26)39(36-19)22-12-8-11-21(32)15-22/h3-16,18,27H,17H2,1-2H3/b34-16+. The fourth-order valence-electron chi connectivity index (χ4n) is 5.21. The van der Waals surface area contributed by atoms with Crippen LogP contribution in [0.1, 0.15) is 39.7 Å². The highest BCUT2D eigenvalue weighted by molar-refractivity contribution is 6.30. The molecule has 1 aliphatic rings. The Hall–Kier alpha value is -5.22. The van der Waals surface area contributed by atoms with E-state index in [9.17, 15) is 0 Å². The molecule has 0 amide bonds. The summed E-state index contributed by atoms with van der Waals surface area (Å²) in [6.07, 6.45) is 3.22. The van der Waals surface area contributed by atoms with Crippen molar-refractivity contribution in [3.8, 4) is 23.2 Å². The van der Waals surface area contributed by atoms with Crippen molar-refractivity contribution in [2.75, 3.05) is 7.11 Å². The van der Waals surface area contributed by atoms with E-state index in [-0.39, 0.29) is 12.5 Å². The molecule has 3 aromatic carbocycles. The van der Waals surface area contributed by atoms with Gasteiger partial charge in [-0.25, -0.2) is 19.2 Å². The highest BCUT2D eigenvalue weighted by Gasteiger charge is 2.39. The summed E-state index contributed by atoms with van der Waals surface area (Å²) in [5.41, 5.74) is 5.61. The lowest BCUT2D eigenvalue weighted by molar-refractivity contribution is 0.126. The number of para-hydroxylation sites is 1. The lowest BCUT2D eigenvalue weighted by atomic mass is 9.84. The topological polar surface area (TPSA) is 101 Å². The molecule has 208 valence electrons. The van der Waals surface area contributed by atoms with Crippen molar-refractivity contribution in [1.29, 1.82) is 0 Å². The maximum atomic E-state index is 6.48. The molecule has 0 aliphatic carbocycles. The van der Waals surface area contributed by atoms with Gasteiger partial charge >= 0.3 is 0 Å². The Morgan fingerprint density at radius 1 is 1.00 bits per heavy atom.